The maximum absolute atomic E-state index is 6.26. The number of rotatable bonds is 6. The predicted molar refractivity (Wildman–Crippen MR) is 93.5 cm³/mol. The second-order valence-electron chi connectivity index (χ2n) is 6.61. The molecule has 0 atom stereocenters. The quantitative estimate of drug-likeness (QED) is 0.526. The van der Waals surface area contributed by atoms with Crippen LogP contribution in [-0.2, 0) is 22.3 Å². The molecule has 6 heteroatoms. The fourth-order valence-corrected chi connectivity index (χ4v) is 3.01. The van der Waals surface area contributed by atoms with Gasteiger partial charge in [-0.05, 0) is 47.6 Å². The van der Waals surface area contributed by atoms with Gasteiger partial charge in [-0.25, -0.2) is 0 Å². The zero-order valence-corrected chi connectivity index (χ0v) is 16.9. The SMILES string of the molecule is COCCn1nc(CO[Si](C)(C)C(C)(C)C)c(I)c1C. The van der Waals surface area contributed by atoms with E-state index < -0.39 is 8.32 Å². The third-order valence-corrected chi connectivity index (χ3v) is 9.96. The van der Waals surface area contributed by atoms with E-state index in [2.05, 4.69) is 68.5 Å². The molecule has 0 radical (unpaired) electrons. The number of aromatic nitrogens is 2. The molecular weight excluding hydrogens is 383 g/mol. The first kappa shape index (κ1) is 18.1. The van der Waals surface area contributed by atoms with Crippen molar-refractivity contribution in [2.24, 2.45) is 0 Å². The van der Waals surface area contributed by atoms with Crippen molar-refractivity contribution in [3.8, 4) is 0 Å². The minimum atomic E-state index is -1.72. The van der Waals surface area contributed by atoms with Gasteiger partial charge in [0.05, 0.1) is 23.3 Å². The van der Waals surface area contributed by atoms with Crippen molar-refractivity contribution in [3.05, 3.63) is 15.0 Å². The molecule has 4 nitrogen and oxygen atoms in total. The molecule has 1 aromatic rings. The molecule has 0 aliphatic heterocycles. The molecule has 1 heterocycles. The summed E-state index contributed by atoms with van der Waals surface area (Å²) in [7, 11) is -0.00785. The summed E-state index contributed by atoms with van der Waals surface area (Å²) in [6.45, 7) is 15.5. The highest BCUT2D eigenvalue weighted by atomic mass is 127. The van der Waals surface area contributed by atoms with Gasteiger partial charge in [-0.1, -0.05) is 20.8 Å². The summed E-state index contributed by atoms with van der Waals surface area (Å²) in [6, 6.07) is 0. The minimum absolute atomic E-state index is 0.228. The van der Waals surface area contributed by atoms with Gasteiger partial charge in [-0.2, -0.15) is 5.10 Å². The van der Waals surface area contributed by atoms with Gasteiger partial charge in [0, 0.05) is 12.8 Å². The second-order valence-corrected chi connectivity index (χ2v) is 12.5. The minimum Gasteiger partial charge on any atom is -0.411 e. The standard InChI is InChI=1S/C14H27IN2O2Si/c1-11-13(15)12(16-17(11)8-9-18-5)10-19-20(6,7)14(2,3)4/h8-10H2,1-7H3. The number of hydrogen-bond donors (Lipinski definition) is 0. The Morgan fingerprint density at radius 1 is 1.30 bits per heavy atom. The molecule has 116 valence electrons. The van der Waals surface area contributed by atoms with Crippen LogP contribution in [0.5, 0.6) is 0 Å². The Kier molecular flexibility index (Phi) is 6.25. The van der Waals surface area contributed by atoms with Crippen molar-refractivity contribution >= 4 is 30.9 Å². The van der Waals surface area contributed by atoms with Gasteiger partial charge in [0.1, 0.15) is 5.69 Å². The Bertz CT molecular complexity index is 453. The van der Waals surface area contributed by atoms with Gasteiger partial charge in [0.2, 0.25) is 0 Å². The molecule has 20 heavy (non-hydrogen) atoms. The molecule has 0 unspecified atom stereocenters. The highest BCUT2D eigenvalue weighted by Gasteiger charge is 2.37. The lowest BCUT2D eigenvalue weighted by molar-refractivity contribution is 0.182. The van der Waals surface area contributed by atoms with E-state index >= 15 is 0 Å². The molecule has 0 bridgehead atoms. The van der Waals surface area contributed by atoms with Gasteiger partial charge in [0.15, 0.2) is 8.32 Å². The van der Waals surface area contributed by atoms with Crippen LogP contribution in [0.4, 0.5) is 0 Å². The largest absolute Gasteiger partial charge is 0.411 e. The van der Waals surface area contributed by atoms with Crippen molar-refractivity contribution < 1.29 is 9.16 Å². The smallest absolute Gasteiger partial charge is 0.192 e. The van der Waals surface area contributed by atoms with E-state index in [4.69, 9.17) is 9.16 Å². The molecule has 0 aliphatic carbocycles. The summed E-state index contributed by atoms with van der Waals surface area (Å²) in [4.78, 5) is 0. The van der Waals surface area contributed by atoms with Gasteiger partial charge >= 0.3 is 0 Å². The number of hydrogen-bond acceptors (Lipinski definition) is 3. The lowest BCUT2D eigenvalue weighted by atomic mass is 10.2. The number of nitrogens with zero attached hydrogens (tertiary/aromatic N) is 2. The zero-order chi connectivity index (χ0) is 15.6. The van der Waals surface area contributed by atoms with Crippen molar-refractivity contribution in [1.29, 1.82) is 0 Å². The lowest BCUT2D eigenvalue weighted by Gasteiger charge is -2.35. The molecule has 0 saturated heterocycles. The van der Waals surface area contributed by atoms with Crippen LogP contribution in [0, 0.1) is 10.5 Å². The fraction of sp³-hybridized carbons (Fsp3) is 0.786. The van der Waals surface area contributed by atoms with Crippen LogP contribution in [-0.4, -0.2) is 31.8 Å². The van der Waals surface area contributed by atoms with Crippen molar-refractivity contribution in [1.82, 2.24) is 9.78 Å². The monoisotopic (exact) mass is 410 g/mol. The fourth-order valence-electron chi connectivity index (χ4n) is 1.54. The first-order valence-corrected chi connectivity index (χ1v) is 10.9. The van der Waals surface area contributed by atoms with Crippen LogP contribution in [0.15, 0.2) is 0 Å². The molecule has 0 aliphatic rings. The molecule has 0 aromatic carbocycles. The van der Waals surface area contributed by atoms with Crippen LogP contribution in [0.25, 0.3) is 0 Å². The molecule has 1 rings (SSSR count). The molecule has 1 aromatic heterocycles. The summed E-state index contributed by atoms with van der Waals surface area (Å²) in [6.07, 6.45) is 0. The van der Waals surface area contributed by atoms with Gasteiger partial charge in [-0.15, -0.1) is 0 Å². The van der Waals surface area contributed by atoms with Gasteiger partial charge in [0.25, 0.3) is 0 Å². The maximum atomic E-state index is 6.26. The number of methoxy groups -OCH3 is 1. The van der Waals surface area contributed by atoms with Crippen LogP contribution in [0.3, 0.4) is 0 Å². The van der Waals surface area contributed by atoms with E-state index in [1.165, 1.54) is 9.26 Å². The molecule has 0 saturated carbocycles. The average Bonchev–Trinajstić information content (AvgIpc) is 2.60. The van der Waals surface area contributed by atoms with E-state index in [1.807, 2.05) is 4.68 Å². The summed E-state index contributed by atoms with van der Waals surface area (Å²) in [5, 5.41) is 4.89. The Morgan fingerprint density at radius 3 is 2.40 bits per heavy atom. The Balaban J connectivity index is 2.79. The topological polar surface area (TPSA) is 36.3 Å². The van der Waals surface area contributed by atoms with E-state index in [-0.39, 0.29) is 5.04 Å². The molecule has 0 spiro atoms. The van der Waals surface area contributed by atoms with Crippen molar-refractivity contribution in [2.75, 3.05) is 13.7 Å². The number of halogens is 1. The number of ether oxygens (including phenoxy) is 1. The zero-order valence-electron chi connectivity index (χ0n) is 13.7. The predicted octanol–water partition coefficient (Wildman–Crippen LogP) is 3.96. The summed E-state index contributed by atoms with van der Waals surface area (Å²) < 4.78 is 14.6. The second kappa shape index (κ2) is 6.89. The van der Waals surface area contributed by atoms with Gasteiger partial charge in [-0.3, -0.25) is 4.68 Å². The van der Waals surface area contributed by atoms with Crippen LogP contribution in [0.1, 0.15) is 32.2 Å². The van der Waals surface area contributed by atoms with Gasteiger partial charge < -0.3 is 9.16 Å². The Labute approximate surface area is 137 Å². The summed E-state index contributed by atoms with van der Waals surface area (Å²) in [5.74, 6) is 0. The molecule has 0 fully saturated rings. The van der Waals surface area contributed by atoms with Crippen LogP contribution in [0.2, 0.25) is 18.1 Å². The van der Waals surface area contributed by atoms with E-state index in [0.29, 0.717) is 13.2 Å². The Hall–Kier alpha value is 0.0769. The van der Waals surface area contributed by atoms with Crippen molar-refractivity contribution in [2.45, 2.75) is 59.0 Å². The highest BCUT2D eigenvalue weighted by molar-refractivity contribution is 14.1. The first-order chi connectivity index (χ1) is 9.10. The van der Waals surface area contributed by atoms with Crippen LogP contribution >= 0.6 is 22.6 Å². The first-order valence-electron chi connectivity index (χ1n) is 6.95. The highest BCUT2D eigenvalue weighted by Crippen LogP contribution is 2.37. The summed E-state index contributed by atoms with van der Waals surface area (Å²) >= 11 is 2.36. The van der Waals surface area contributed by atoms with E-state index in [1.54, 1.807) is 7.11 Å². The van der Waals surface area contributed by atoms with Crippen molar-refractivity contribution in [3.63, 3.8) is 0 Å². The lowest BCUT2D eigenvalue weighted by Crippen LogP contribution is -2.40. The third kappa shape index (κ3) is 4.28. The van der Waals surface area contributed by atoms with E-state index in [0.717, 1.165) is 12.2 Å². The normalized spacial score (nSPS) is 13.0. The van der Waals surface area contributed by atoms with E-state index in [9.17, 15) is 0 Å². The average molecular weight is 410 g/mol. The van der Waals surface area contributed by atoms with Crippen LogP contribution < -0.4 is 0 Å². The molecular formula is C14H27IN2O2Si. The molecule has 0 amide bonds. The summed E-state index contributed by atoms with van der Waals surface area (Å²) in [5.41, 5.74) is 2.24. The third-order valence-electron chi connectivity index (χ3n) is 4.08. The maximum Gasteiger partial charge on any atom is 0.192 e. The molecule has 0 N–H and O–H groups in total. The Morgan fingerprint density at radius 2 is 1.90 bits per heavy atom.